The second kappa shape index (κ2) is 4.96. The summed E-state index contributed by atoms with van der Waals surface area (Å²) in [5.41, 5.74) is 0. The second-order valence-corrected chi connectivity index (χ2v) is 4.62. The van der Waals surface area contributed by atoms with Crippen LogP contribution in [-0.4, -0.2) is 42.4 Å². The summed E-state index contributed by atoms with van der Waals surface area (Å²) in [6.07, 6.45) is 3.84. The van der Waals surface area contributed by atoms with Crippen molar-refractivity contribution in [2.75, 3.05) is 20.7 Å². The van der Waals surface area contributed by atoms with Gasteiger partial charge in [0.1, 0.15) is 4.83 Å². The molecular weight excluding hydrogens is 234 g/mol. The zero-order valence-electron chi connectivity index (χ0n) is 8.12. The van der Waals surface area contributed by atoms with Crippen LogP contribution in [0.25, 0.3) is 0 Å². The fourth-order valence-electron chi connectivity index (χ4n) is 1.43. The van der Waals surface area contributed by atoms with Gasteiger partial charge in [0.15, 0.2) is 0 Å². The number of methoxy groups -OCH3 is 1. The molecule has 13 heavy (non-hydrogen) atoms. The Morgan fingerprint density at radius 2 is 2.31 bits per heavy atom. The van der Waals surface area contributed by atoms with Gasteiger partial charge >= 0.3 is 5.97 Å². The molecule has 0 radical (unpaired) electrons. The molecule has 0 aromatic carbocycles. The standard InChI is InChI=1S/C9H16BrNO2/c1-11(7-4-3-5-7)6-8(10)9(12)13-2/h7-8H,3-6H2,1-2H3. The van der Waals surface area contributed by atoms with Crippen LogP contribution in [0.4, 0.5) is 0 Å². The first-order chi connectivity index (χ1) is 6.15. The van der Waals surface area contributed by atoms with Crippen LogP contribution in [0.1, 0.15) is 19.3 Å². The zero-order valence-corrected chi connectivity index (χ0v) is 9.71. The molecule has 1 aliphatic carbocycles. The minimum atomic E-state index is -0.192. The number of nitrogens with zero attached hydrogens (tertiary/aromatic N) is 1. The van der Waals surface area contributed by atoms with Crippen LogP contribution in [0, 0.1) is 0 Å². The second-order valence-electron chi connectivity index (χ2n) is 3.51. The van der Waals surface area contributed by atoms with E-state index in [-0.39, 0.29) is 10.8 Å². The van der Waals surface area contributed by atoms with Crippen LogP contribution < -0.4 is 0 Å². The number of halogens is 1. The number of ether oxygens (including phenoxy) is 1. The number of carbonyl (C=O) groups excluding carboxylic acids is 1. The molecule has 0 saturated heterocycles. The Kier molecular flexibility index (Phi) is 4.19. The van der Waals surface area contributed by atoms with Crippen molar-refractivity contribution < 1.29 is 9.53 Å². The highest BCUT2D eigenvalue weighted by molar-refractivity contribution is 9.10. The zero-order chi connectivity index (χ0) is 9.84. The van der Waals surface area contributed by atoms with E-state index in [1.807, 2.05) is 0 Å². The van der Waals surface area contributed by atoms with Crippen molar-refractivity contribution in [3.63, 3.8) is 0 Å². The molecule has 1 saturated carbocycles. The Balaban J connectivity index is 2.25. The SMILES string of the molecule is COC(=O)C(Br)CN(C)C1CCC1. The molecule has 0 bridgehead atoms. The Bertz CT molecular complexity index is 182. The Morgan fingerprint density at radius 3 is 2.69 bits per heavy atom. The van der Waals surface area contributed by atoms with E-state index in [0.717, 1.165) is 6.54 Å². The monoisotopic (exact) mass is 249 g/mol. The fourth-order valence-corrected chi connectivity index (χ4v) is 2.08. The number of alkyl halides is 1. The number of hydrogen-bond donors (Lipinski definition) is 0. The molecule has 0 aliphatic heterocycles. The van der Waals surface area contributed by atoms with Gasteiger partial charge in [-0.3, -0.25) is 4.79 Å². The summed E-state index contributed by atoms with van der Waals surface area (Å²) in [5.74, 6) is -0.189. The van der Waals surface area contributed by atoms with Crippen molar-refractivity contribution in [3.8, 4) is 0 Å². The van der Waals surface area contributed by atoms with Crippen molar-refractivity contribution in [2.45, 2.75) is 30.1 Å². The average Bonchev–Trinajstić information content (AvgIpc) is 1.99. The Hall–Kier alpha value is -0.0900. The minimum absolute atomic E-state index is 0.189. The Morgan fingerprint density at radius 1 is 1.69 bits per heavy atom. The molecule has 0 spiro atoms. The van der Waals surface area contributed by atoms with Crippen LogP contribution >= 0.6 is 15.9 Å². The summed E-state index contributed by atoms with van der Waals surface area (Å²) in [5, 5.41) is 0. The van der Waals surface area contributed by atoms with Crippen LogP contribution in [0.5, 0.6) is 0 Å². The van der Waals surface area contributed by atoms with Crippen molar-refractivity contribution in [2.24, 2.45) is 0 Å². The van der Waals surface area contributed by atoms with E-state index in [9.17, 15) is 4.79 Å². The third-order valence-corrected chi connectivity index (χ3v) is 3.27. The Labute approximate surface area is 87.6 Å². The molecule has 1 fully saturated rings. The molecule has 76 valence electrons. The quantitative estimate of drug-likeness (QED) is 0.558. The summed E-state index contributed by atoms with van der Waals surface area (Å²) in [4.78, 5) is 13.1. The van der Waals surface area contributed by atoms with Gasteiger partial charge in [-0.05, 0) is 19.9 Å². The molecule has 0 N–H and O–H groups in total. The topological polar surface area (TPSA) is 29.5 Å². The predicted molar refractivity (Wildman–Crippen MR) is 55.0 cm³/mol. The lowest BCUT2D eigenvalue weighted by Crippen LogP contribution is -2.42. The molecule has 0 aromatic rings. The number of rotatable bonds is 4. The van der Waals surface area contributed by atoms with E-state index in [2.05, 4.69) is 32.6 Å². The van der Waals surface area contributed by atoms with Gasteiger partial charge in [0, 0.05) is 12.6 Å². The summed E-state index contributed by atoms with van der Waals surface area (Å²) < 4.78 is 4.63. The van der Waals surface area contributed by atoms with Crippen LogP contribution in [0.3, 0.4) is 0 Å². The van der Waals surface area contributed by atoms with Gasteiger partial charge in [0.25, 0.3) is 0 Å². The molecule has 0 heterocycles. The van der Waals surface area contributed by atoms with Gasteiger partial charge in [0.2, 0.25) is 0 Å². The first-order valence-corrected chi connectivity index (χ1v) is 5.49. The number of hydrogen-bond acceptors (Lipinski definition) is 3. The van der Waals surface area contributed by atoms with E-state index in [1.165, 1.54) is 26.4 Å². The highest BCUT2D eigenvalue weighted by atomic mass is 79.9. The lowest BCUT2D eigenvalue weighted by atomic mass is 9.92. The highest BCUT2D eigenvalue weighted by Crippen LogP contribution is 2.24. The maximum absolute atomic E-state index is 11.1. The third-order valence-electron chi connectivity index (χ3n) is 2.60. The summed E-state index contributed by atoms with van der Waals surface area (Å²) >= 11 is 3.31. The van der Waals surface area contributed by atoms with Gasteiger partial charge in [-0.2, -0.15) is 0 Å². The number of esters is 1. The van der Waals surface area contributed by atoms with Crippen molar-refractivity contribution in [1.29, 1.82) is 0 Å². The average molecular weight is 250 g/mol. The molecular formula is C9H16BrNO2. The summed E-state index contributed by atoms with van der Waals surface area (Å²) in [6.45, 7) is 0.733. The van der Waals surface area contributed by atoms with Crippen molar-refractivity contribution in [3.05, 3.63) is 0 Å². The van der Waals surface area contributed by atoms with E-state index in [1.54, 1.807) is 0 Å². The first kappa shape index (κ1) is 11.0. The van der Waals surface area contributed by atoms with E-state index in [0.29, 0.717) is 6.04 Å². The van der Waals surface area contributed by atoms with Gasteiger partial charge < -0.3 is 9.64 Å². The summed E-state index contributed by atoms with van der Waals surface area (Å²) in [6, 6.07) is 0.671. The van der Waals surface area contributed by atoms with Crippen molar-refractivity contribution >= 4 is 21.9 Å². The van der Waals surface area contributed by atoms with Crippen LogP contribution in [0.2, 0.25) is 0 Å². The lowest BCUT2D eigenvalue weighted by molar-refractivity contribution is -0.140. The molecule has 1 rings (SSSR count). The van der Waals surface area contributed by atoms with Crippen LogP contribution in [0.15, 0.2) is 0 Å². The number of carbonyl (C=O) groups is 1. The van der Waals surface area contributed by atoms with Gasteiger partial charge in [-0.25, -0.2) is 0 Å². The molecule has 1 atom stereocenters. The minimum Gasteiger partial charge on any atom is -0.468 e. The molecule has 3 nitrogen and oxygen atoms in total. The van der Waals surface area contributed by atoms with Gasteiger partial charge in [-0.1, -0.05) is 22.4 Å². The smallest absolute Gasteiger partial charge is 0.320 e. The van der Waals surface area contributed by atoms with Crippen LogP contribution in [-0.2, 0) is 9.53 Å². The van der Waals surface area contributed by atoms with Gasteiger partial charge in [0.05, 0.1) is 7.11 Å². The predicted octanol–water partition coefficient (Wildman–Crippen LogP) is 1.41. The van der Waals surface area contributed by atoms with E-state index < -0.39 is 0 Å². The fraction of sp³-hybridized carbons (Fsp3) is 0.889. The third kappa shape index (κ3) is 2.95. The molecule has 1 unspecified atom stereocenters. The van der Waals surface area contributed by atoms with Crippen molar-refractivity contribution in [1.82, 2.24) is 4.90 Å². The van der Waals surface area contributed by atoms with Gasteiger partial charge in [-0.15, -0.1) is 0 Å². The molecule has 4 heteroatoms. The molecule has 0 aromatic heterocycles. The van der Waals surface area contributed by atoms with E-state index >= 15 is 0 Å². The first-order valence-electron chi connectivity index (χ1n) is 4.57. The molecule has 1 aliphatic rings. The normalized spacial score (nSPS) is 19.7. The van der Waals surface area contributed by atoms with E-state index in [4.69, 9.17) is 0 Å². The molecule has 0 amide bonds. The lowest BCUT2D eigenvalue weighted by Gasteiger charge is -2.35. The maximum Gasteiger partial charge on any atom is 0.320 e. The maximum atomic E-state index is 11.1. The highest BCUT2D eigenvalue weighted by Gasteiger charge is 2.25. The largest absolute Gasteiger partial charge is 0.468 e. The summed E-state index contributed by atoms with van der Waals surface area (Å²) in [7, 11) is 3.47.